The lowest BCUT2D eigenvalue weighted by molar-refractivity contribution is 0.202. The predicted molar refractivity (Wildman–Crippen MR) is 138 cm³/mol. The molecule has 2 aromatic rings. The van der Waals surface area contributed by atoms with E-state index in [1.54, 1.807) is 0 Å². The zero-order valence-corrected chi connectivity index (χ0v) is 22.5. The minimum absolute atomic E-state index is 0.106. The Hall–Kier alpha value is -0.880. The second kappa shape index (κ2) is 12.7. The Kier molecular flexibility index (Phi) is 10.9. The molecule has 0 radical (unpaired) electrons. The third-order valence-corrected chi connectivity index (χ3v) is 6.90. The first-order chi connectivity index (χ1) is 15.5. The zero-order valence-electron chi connectivity index (χ0n) is 19.4. The van der Waals surface area contributed by atoms with Crippen molar-refractivity contribution in [1.82, 2.24) is 0 Å². The maximum Gasteiger partial charge on any atom is 0.156 e. The third-order valence-electron chi connectivity index (χ3n) is 5.78. The summed E-state index contributed by atoms with van der Waals surface area (Å²) in [5.41, 5.74) is 1.26. The summed E-state index contributed by atoms with van der Waals surface area (Å²) in [5, 5.41) is 20.0. The van der Waals surface area contributed by atoms with Gasteiger partial charge in [-0.15, -0.1) is 0 Å². The van der Waals surface area contributed by atoms with E-state index < -0.39 is 5.41 Å². The molecule has 0 amide bonds. The van der Waals surface area contributed by atoms with Crippen molar-refractivity contribution in [3.63, 3.8) is 0 Å². The van der Waals surface area contributed by atoms with Crippen molar-refractivity contribution in [3.8, 4) is 11.5 Å². The van der Waals surface area contributed by atoms with E-state index in [1.165, 1.54) is 0 Å². The number of aliphatic hydroxyl groups excluding tert-OH is 2. The minimum atomic E-state index is -0.506. The fourth-order valence-corrected chi connectivity index (χ4v) is 4.38. The second-order valence-corrected chi connectivity index (χ2v) is 10.6. The van der Waals surface area contributed by atoms with Gasteiger partial charge in [-0.2, -0.15) is 0 Å². The van der Waals surface area contributed by atoms with Crippen molar-refractivity contribution in [2.24, 2.45) is 11.8 Å². The summed E-state index contributed by atoms with van der Waals surface area (Å²) in [7, 11) is 0. The van der Waals surface area contributed by atoms with E-state index >= 15 is 0 Å². The summed E-state index contributed by atoms with van der Waals surface area (Å²) in [6.45, 7) is 8.99. The lowest BCUT2D eigenvalue weighted by Gasteiger charge is -2.28. The number of hydrogen-bond acceptors (Lipinski definition) is 4. The average molecular weight is 538 g/mol. The van der Waals surface area contributed by atoms with E-state index in [1.807, 2.05) is 52.0 Å². The highest BCUT2D eigenvalue weighted by Crippen LogP contribution is 2.43. The molecule has 0 aromatic heterocycles. The van der Waals surface area contributed by atoms with Gasteiger partial charge >= 0.3 is 0 Å². The van der Waals surface area contributed by atoms with Crippen LogP contribution in [0.3, 0.4) is 0 Å². The molecule has 2 rings (SSSR count). The molecule has 0 fully saturated rings. The van der Waals surface area contributed by atoms with Crippen molar-refractivity contribution < 1.29 is 19.7 Å². The van der Waals surface area contributed by atoms with Crippen molar-refractivity contribution in [2.45, 2.75) is 46.0 Å². The van der Waals surface area contributed by atoms with Crippen LogP contribution in [0.2, 0.25) is 20.1 Å². The first kappa shape index (κ1) is 28.4. The van der Waals surface area contributed by atoms with Crippen molar-refractivity contribution >= 4 is 46.4 Å². The van der Waals surface area contributed by atoms with Crippen LogP contribution in [0.5, 0.6) is 11.5 Å². The first-order valence-electron chi connectivity index (χ1n) is 11.0. The number of benzene rings is 2. The van der Waals surface area contributed by atoms with E-state index in [0.717, 1.165) is 11.1 Å². The molecule has 0 aliphatic rings. The Morgan fingerprint density at radius 2 is 1.00 bits per heavy atom. The van der Waals surface area contributed by atoms with Crippen LogP contribution in [-0.2, 0) is 5.41 Å². The Labute approximate surface area is 216 Å². The third kappa shape index (κ3) is 7.55. The van der Waals surface area contributed by atoms with E-state index in [0.29, 0.717) is 57.6 Å². The molecule has 0 spiro atoms. The molecule has 2 unspecified atom stereocenters. The normalized spacial score (nSPS) is 13.6. The number of halogens is 4. The van der Waals surface area contributed by atoms with Gasteiger partial charge in [-0.05, 0) is 60.1 Å². The molecule has 2 N–H and O–H groups in total. The van der Waals surface area contributed by atoms with Gasteiger partial charge in [0.2, 0.25) is 0 Å². The van der Waals surface area contributed by atoms with Crippen molar-refractivity contribution in [3.05, 3.63) is 55.5 Å². The maximum atomic E-state index is 9.16. The van der Waals surface area contributed by atoms with Crippen LogP contribution in [-0.4, -0.2) is 36.6 Å². The molecule has 0 heterocycles. The first-order valence-corrected chi connectivity index (χ1v) is 12.5. The molecule has 184 valence electrons. The van der Waals surface area contributed by atoms with Crippen LogP contribution in [0.25, 0.3) is 0 Å². The number of rotatable bonds is 12. The Morgan fingerprint density at radius 1 is 0.697 bits per heavy atom. The quantitative estimate of drug-likeness (QED) is 0.295. The van der Waals surface area contributed by atoms with Crippen molar-refractivity contribution in [1.29, 1.82) is 0 Å². The van der Waals surface area contributed by atoms with Crippen LogP contribution in [0.15, 0.2) is 24.3 Å². The Bertz CT molecular complexity index is 813. The molecule has 33 heavy (non-hydrogen) atoms. The fourth-order valence-electron chi connectivity index (χ4n) is 3.19. The van der Waals surface area contributed by atoms with Gasteiger partial charge in [-0.1, -0.05) is 74.1 Å². The topological polar surface area (TPSA) is 58.9 Å². The largest absolute Gasteiger partial charge is 0.490 e. The van der Waals surface area contributed by atoms with E-state index in [2.05, 4.69) is 0 Å². The summed E-state index contributed by atoms with van der Waals surface area (Å²) in [4.78, 5) is 0. The molecule has 0 aliphatic carbocycles. The fraction of sp³-hybridized carbons (Fsp3) is 0.520. The molecule has 4 nitrogen and oxygen atoms in total. The van der Waals surface area contributed by atoms with Crippen LogP contribution in [0, 0.1) is 11.8 Å². The smallest absolute Gasteiger partial charge is 0.156 e. The van der Waals surface area contributed by atoms with Crippen LogP contribution in [0.4, 0.5) is 0 Å². The average Bonchev–Trinajstić information content (AvgIpc) is 2.76. The molecular weight excluding hydrogens is 506 g/mol. The predicted octanol–water partition coefficient (Wildman–Crippen LogP) is 7.42. The zero-order chi connectivity index (χ0) is 24.8. The highest BCUT2D eigenvalue weighted by atomic mass is 35.5. The SMILES string of the molecule is CC(CO)CCOc1c(Cl)cc(C(C)(C)c2cc(Cl)c(OCCC(C)CO)c(Cl)c2)cc1Cl. The van der Waals surface area contributed by atoms with Gasteiger partial charge in [0, 0.05) is 18.6 Å². The summed E-state index contributed by atoms with van der Waals surface area (Å²) in [6, 6.07) is 7.34. The van der Waals surface area contributed by atoms with Gasteiger partial charge in [-0.25, -0.2) is 0 Å². The molecule has 0 aliphatic heterocycles. The molecule has 2 atom stereocenters. The van der Waals surface area contributed by atoms with Gasteiger partial charge in [0.05, 0.1) is 33.3 Å². The van der Waals surface area contributed by atoms with Crippen LogP contribution < -0.4 is 9.47 Å². The van der Waals surface area contributed by atoms with Crippen LogP contribution >= 0.6 is 46.4 Å². The van der Waals surface area contributed by atoms with Crippen molar-refractivity contribution in [2.75, 3.05) is 26.4 Å². The lowest BCUT2D eigenvalue weighted by atomic mass is 9.78. The van der Waals surface area contributed by atoms with E-state index in [-0.39, 0.29) is 25.0 Å². The van der Waals surface area contributed by atoms with E-state index in [4.69, 9.17) is 66.1 Å². The highest BCUT2D eigenvalue weighted by molar-refractivity contribution is 6.38. The summed E-state index contributed by atoms with van der Waals surface area (Å²) >= 11 is 26.0. The van der Waals surface area contributed by atoms with Gasteiger partial charge in [0.15, 0.2) is 11.5 Å². The summed E-state index contributed by atoms with van der Waals surface area (Å²) in [5.74, 6) is 1.14. The summed E-state index contributed by atoms with van der Waals surface area (Å²) < 4.78 is 11.6. The maximum absolute atomic E-state index is 9.16. The molecule has 0 saturated heterocycles. The monoisotopic (exact) mass is 536 g/mol. The number of aliphatic hydroxyl groups is 2. The Balaban J connectivity index is 2.24. The van der Waals surface area contributed by atoms with Crippen LogP contribution in [0.1, 0.15) is 51.7 Å². The number of hydrogen-bond donors (Lipinski definition) is 2. The van der Waals surface area contributed by atoms with Gasteiger partial charge in [-0.3, -0.25) is 0 Å². The number of ether oxygens (including phenoxy) is 2. The van der Waals surface area contributed by atoms with Gasteiger partial charge in [0.1, 0.15) is 0 Å². The highest BCUT2D eigenvalue weighted by Gasteiger charge is 2.28. The lowest BCUT2D eigenvalue weighted by Crippen LogP contribution is -2.19. The summed E-state index contributed by atoms with van der Waals surface area (Å²) in [6.07, 6.45) is 1.39. The Morgan fingerprint density at radius 3 is 1.27 bits per heavy atom. The minimum Gasteiger partial charge on any atom is -0.490 e. The molecule has 2 aromatic carbocycles. The van der Waals surface area contributed by atoms with E-state index in [9.17, 15) is 0 Å². The molecule has 8 heteroatoms. The standard InChI is InChI=1S/C25H32Cl4O4/c1-15(13-30)5-7-32-23-19(26)9-17(10-20(23)27)25(3,4)18-11-21(28)24(22(29)12-18)33-8-6-16(2)14-31/h9-12,15-16,30-31H,5-8,13-14H2,1-4H3. The van der Waals surface area contributed by atoms with Gasteiger partial charge < -0.3 is 19.7 Å². The second-order valence-electron chi connectivity index (χ2n) is 9.01. The van der Waals surface area contributed by atoms with Gasteiger partial charge in [0.25, 0.3) is 0 Å². The molecule has 0 bridgehead atoms. The molecule has 0 saturated carbocycles. The molecular formula is C25H32Cl4O4.